The highest BCUT2D eigenvalue weighted by Crippen LogP contribution is 2.27. The van der Waals surface area contributed by atoms with Gasteiger partial charge in [0.05, 0.1) is 0 Å². The van der Waals surface area contributed by atoms with E-state index in [1.54, 1.807) is 7.05 Å². The topological polar surface area (TPSA) is 44.4 Å². The van der Waals surface area contributed by atoms with Crippen LogP contribution in [0.4, 0.5) is 0 Å². The average molecular weight is 329 g/mol. The quantitative estimate of drug-likeness (QED) is 0.906. The maximum Gasteiger partial charge on any atom is 0.251 e. The van der Waals surface area contributed by atoms with Gasteiger partial charge < -0.3 is 10.6 Å². The van der Waals surface area contributed by atoms with Gasteiger partial charge in [0, 0.05) is 54.6 Å². The first-order valence-corrected chi connectivity index (χ1v) is 8.81. The summed E-state index contributed by atoms with van der Waals surface area (Å²) >= 11 is 1.86. The number of rotatable bonds is 4. The van der Waals surface area contributed by atoms with Crippen molar-refractivity contribution >= 4 is 17.2 Å². The van der Waals surface area contributed by atoms with E-state index in [0.717, 1.165) is 31.7 Å². The highest BCUT2D eigenvalue weighted by Gasteiger charge is 2.24. The number of piperazine rings is 1. The molecule has 0 saturated carbocycles. The molecular formula is C18H23N3OS. The van der Waals surface area contributed by atoms with E-state index >= 15 is 0 Å². The lowest BCUT2D eigenvalue weighted by Gasteiger charge is -2.36. The summed E-state index contributed by atoms with van der Waals surface area (Å²) in [6.45, 7) is 6.06. The van der Waals surface area contributed by atoms with Crippen LogP contribution < -0.4 is 10.6 Å². The Balaban J connectivity index is 1.82. The van der Waals surface area contributed by atoms with Crippen LogP contribution in [0.2, 0.25) is 0 Å². The molecule has 1 aromatic carbocycles. The molecule has 1 aliphatic rings. The number of carbonyl (C=O) groups excluding carboxylic acids is 1. The number of hydrogen-bond donors (Lipinski definition) is 2. The number of nitrogens with one attached hydrogen (secondary N) is 2. The zero-order chi connectivity index (χ0) is 16.2. The Kier molecular flexibility index (Phi) is 5.10. The highest BCUT2D eigenvalue weighted by atomic mass is 32.1. The minimum absolute atomic E-state index is 0.0314. The smallest absolute Gasteiger partial charge is 0.251 e. The van der Waals surface area contributed by atoms with Gasteiger partial charge >= 0.3 is 0 Å². The van der Waals surface area contributed by atoms with Crippen LogP contribution in [0.3, 0.4) is 0 Å². The summed E-state index contributed by atoms with van der Waals surface area (Å²) in [5.41, 5.74) is 1.93. The Bertz CT molecular complexity index is 682. The third-order valence-electron chi connectivity index (χ3n) is 4.27. The number of amides is 1. The Hall–Kier alpha value is -1.69. The fraction of sp³-hybridized carbons (Fsp3) is 0.389. The Morgan fingerprint density at radius 2 is 2.26 bits per heavy atom. The fourth-order valence-electron chi connectivity index (χ4n) is 3.07. The first-order chi connectivity index (χ1) is 11.2. The number of benzene rings is 1. The van der Waals surface area contributed by atoms with Crippen LogP contribution >= 0.6 is 11.3 Å². The van der Waals surface area contributed by atoms with Gasteiger partial charge in [-0.15, -0.1) is 11.3 Å². The Morgan fingerprint density at radius 3 is 3.00 bits per heavy atom. The Morgan fingerprint density at radius 1 is 1.39 bits per heavy atom. The van der Waals surface area contributed by atoms with Gasteiger partial charge in [-0.3, -0.25) is 9.69 Å². The van der Waals surface area contributed by atoms with Gasteiger partial charge in [0.2, 0.25) is 0 Å². The van der Waals surface area contributed by atoms with E-state index in [1.165, 1.54) is 15.3 Å². The second-order valence-corrected chi connectivity index (χ2v) is 7.28. The lowest BCUT2D eigenvalue weighted by Crippen LogP contribution is -2.45. The van der Waals surface area contributed by atoms with Crippen molar-refractivity contribution < 1.29 is 4.79 Å². The second-order valence-electron chi connectivity index (χ2n) is 5.91. The van der Waals surface area contributed by atoms with Crippen molar-refractivity contribution in [2.45, 2.75) is 19.5 Å². The van der Waals surface area contributed by atoms with Gasteiger partial charge in [-0.25, -0.2) is 0 Å². The summed E-state index contributed by atoms with van der Waals surface area (Å²) in [4.78, 5) is 17.1. The summed E-state index contributed by atoms with van der Waals surface area (Å²) in [5.74, 6) is -0.0314. The van der Waals surface area contributed by atoms with Crippen LogP contribution in [-0.2, 0) is 6.54 Å². The first kappa shape index (κ1) is 16.2. The molecule has 0 unspecified atom stereocenters. The summed E-state index contributed by atoms with van der Waals surface area (Å²) in [6.07, 6.45) is 0. The van der Waals surface area contributed by atoms with Crippen molar-refractivity contribution in [2.24, 2.45) is 0 Å². The molecule has 4 nitrogen and oxygen atoms in total. The van der Waals surface area contributed by atoms with Crippen molar-refractivity contribution in [1.29, 1.82) is 0 Å². The van der Waals surface area contributed by atoms with Gasteiger partial charge in [0.1, 0.15) is 0 Å². The lowest BCUT2D eigenvalue weighted by atomic mass is 10.0. The molecule has 2 N–H and O–H groups in total. The number of nitrogens with zero attached hydrogens (tertiary/aromatic N) is 1. The third-order valence-corrected chi connectivity index (χ3v) is 5.26. The molecule has 1 fully saturated rings. The van der Waals surface area contributed by atoms with Crippen LogP contribution in [0.5, 0.6) is 0 Å². The largest absolute Gasteiger partial charge is 0.355 e. The fourth-order valence-corrected chi connectivity index (χ4v) is 3.98. The summed E-state index contributed by atoms with van der Waals surface area (Å²) in [7, 11) is 1.67. The van der Waals surface area contributed by atoms with Crippen LogP contribution in [0, 0.1) is 6.92 Å². The molecule has 3 rings (SSSR count). The van der Waals surface area contributed by atoms with E-state index in [1.807, 2.05) is 29.5 Å². The molecule has 0 radical (unpaired) electrons. The molecule has 122 valence electrons. The molecule has 1 aliphatic heterocycles. The highest BCUT2D eigenvalue weighted by molar-refractivity contribution is 7.11. The summed E-state index contributed by atoms with van der Waals surface area (Å²) in [6, 6.07) is 12.7. The molecular weight excluding hydrogens is 306 g/mol. The predicted molar refractivity (Wildman–Crippen MR) is 94.9 cm³/mol. The molecule has 5 heteroatoms. The molecule has 1 saturated heterocycles. The van der Waals surface area contributed by atoms with E-state index in [-0.39, 0.29) is 5.91 Å². The summed E-state index contributed by atoms with van der Waals surface area (Å²) < 4.78 is 0. The zero-order valence-electron chi connectivity index (χ0n) is 13.6. The van der Waals surface area contributed by atoms with Crippen molar-refractivity contribution in [2.75, 3.05) is 26.7 Å². The molecule has 0 aliphatic carbocycles. The second kappa shape index (κ2) is 7.25. The number of hydrogen-bond acceptors (Lipinski definition) is 4. The van der Waals surface area contributed by atoms with Crippen LogP contribution in [-0.4, -0.2) is 37.5 Å². The van der Waals surface area contributed by atoms with Crippen molar-refractivity contribution in [3.8, 4) is 0 Å². The number of aryl methyl sites for hydroxylation is 1. The number of thiophene rings is 1. The lowest BCUT2D eigenvalue weighted by molar-refractivity contribution is 0.0962. The molecule has 2 aromatic rings. The molecule has 1 atom stereocenters. The van der Waals surface area contributed by atoms with E-state index < -0.39 is 0 Å². The van der Waals surface area contributed by atoms with E-state index in [2.05, 4.69) is 40.7 Å². The molecule has 1 aromatic heterocycles. The van der Waals surface area contributed by atoms with Crippen molar-refractivity contribution in [3.05, 3.63) is 57.3 Å². The van der Waals surface area contributed by atoms with Crippen molar-refractivity contribution in [1.82, 2.24) is 15.5 Å². The predicted octanol–water partition coefficient (Wildman–Crippen LogP) is 2.56. The average Bonchev–Trinajstić information content (AvgIpc) is 2.99. The standard InChI is InChI=1S/C18H23N3OS/c1-13-6-7-16(23-13)12-21-9-8-20-11-17(21)14-4-3-5-15(10-14)18(22)19-2/h3-7,10,17,20H,8-9,11-12H2,1-2H3,(H,19,22)/t17-/m1/s1. The normalized spacial score (nSPS) is 18.8. The van der Waals surface area contributed by atoms with Gasteiger partial charge in [-0.1, -0.05) is 12.1 Å². The number of carbonyl (C=O) groups is 1. The van der Waals surface area contributed by atoms with Crippen LogP contribution in [0.25, 0.3) is 0 Å². The maximum absolute atomic E-state index is 11.9. The van der Waals surface area contributed by atoms with Gasteiger partial charge in [0.25, 0.3) is 5.91 Å². The van der Waals surface area contributed by atoms with Crippen molar-refractivity contribution in [3.63, 3.8) is 0 Å². The van der Waals surface area contributed by atoms with E-state index in [9.17, 15) is 4.79 Å². The van der Waals surface area contributed by atoms with E-state index in [0.29, 0.717) is 6.04 Å². The maximum atomic E-state index is 11.9. The molecule has 2 heterocycles. The Labute approximate surface area is 141 Å². The zero-order valence-corrected chi connectivity index (χ0v) is 14.5. The monoisotopic (exact) mass is 329 g/mol. The van der Waals surface area contributed by atoms with Crippen LogP contribution in [0.15, 0.2) is 36.4 Å². The van der Waals surface area contributed by atoms with Crippen LogP contribution in [0.1, 0.15) is 31.7 Å². The van der Waals surface area contributed by atoms with E-state index in [4.69, 9.17) is 0 Å². The molecule has 0 spiro atoms. The minimum atomic E-state index is -0.0314. The van der Waals surface area contributed by atoms with Gasteiger partial charge in [0.15, 0.2) is 0 Å². The minimum Gasteiger partial charge on any atom is -0.355 e. The molecule has 0 bridgehead atoms. The first-order valence-electron chi connectivity index (χ1n) is 7.99. The molecule has 1 amide bonds. The third kappa shape index (κ3) is 3.80. The molecule has 23 heavy (non-hydrogen) atoms. The SMILES string of the molecule is CNC(=O)c1cccc([C@H]2CNCCN2Cc2ccc(C)s2)c1. The van der Waals surface area contributed by atoms with Gasteiger partial charge in [-0.2, -0.15) is 0 Å². The van der Waals surface area contributed by atoms with Gasteiger partial charge in [-0.05, 0) is 36.8 Å². The summed E-state index contributed by atoms with van der Waals surface area (Å²) in [5, 5.41) is 6.18.